The Bertz CT molecular complexity index is 581. The van der Waals surface area contributed by atoms with Crippen molar-refractivity contribution >= 4 is 26.0 Å². The number of nitrogens with one attached hydrogen (secondary N) is 1. The van der Waals surface area contributed by atoms with Gasteiger partial charge in [-0.1, -0.05) is 35.7 Å². The van der Waals surface area contributed by atoms with Gasteiger partial charge in [0.2, 0.25) is 5.03 Å². The molecule has 2 unspecified atom stereocenters. The van der Waals surface area contributed by atoms with Gasteiger partial charge in [0.25, 0.3) is 10.0 Å². The number of rotatable bonds is 4. The molecule has 0 saturated heterocycles. The quantitative estimate of drug-likeness (QED) is 0.835. The highest BCUT2D eigenvalue weighted by atomic mass is 79.9. The van der Waals surface area contributed by atoms with E-state index in [1.54, 1.807) is 0 Å². The molecule has 0 radical (unpaired) electrons. The zero-order chi connectivity index (χ0) is 14.8. The summed E-state index contributed by atoms with van der Waals surface area (Å²) in [6.07, 6.45) is 4.82. The number of halogens is 2. The van der Waals surface area contributed by atoms with E-state index in [-0.39, 0.29) is 0 Å². The third-order valence-corrected chi connectivity index (χ3v) is 6.26. The largest absolute Gasteiger partial charge is 0.261 e. The Labute approximate surface area is 127 Å². The molecule has 2 rings (SSSR count). The monoisotopic (exact) mass is 364 g/mol. The maximum absolute atomic E-state index is 13.7. The molecule has 112 valence electrons. The van der Waals surface area contributed by atoms with Crippen LogP contribution in [0.5, 0.6) is 0 Å². The van der Waals surface area contributed by atoms with E-state index in [9.17, 15) is 12.8 Å². The third kappa shape index (κ3) is 3.38. The summed E-state index contributed by atoms with van der Waals surface area (Å²) in [5, 5.41) is -0.0172. The molecular weight excluding hydrogens is 347 g/mol. The van der Waals surface area contributed by atoms with Gasteiger partial charge in [0.05, 0.1) is 0 Å². The fourth-order valence-electron chi connectivity index (χ4n) is 2.80. The van der Waals surface area contributed by atoms with Crippen LogP contribution >= 0.6 is 15.9 Å². The van der Waals surface area contributed by atoms with Crippen LogP contribution in [-0.2, 0) is 10.0 Å². The van der Waals surface area contributed by atoms with Crippen LogP contribution in [0.1, 0.15) is 32.6 Å². The van der Waals surface area contributed by atoms with Crippen LogP contribution in [0, 0.1) is 11.7 Å². The van der Waals surface area contributed by atoms with Crippen molar-refractivity contribution in [2.45, 2.75) is 43.2 Å². The number of alkyl halides is 1. The predicted molar refractivity (Wildman–Crippen MR) is 78.7 cm³/mol. The molecule has 0 bridgehead atoms. The number of sulfonamides is 1. The minimum absolute atomic E-state index is 0.442. The van der Waals surface area contributed by atoms with Gasteiger partial charge in [0.1, 0.15) is 0 Å². The minimum atomic E-state index is -3.95. The fourth-order valence-corrected chi connectivity index (χ4v) is 5.09. The molecule has 0 amide bonds. The Balaban J connectivity index is 2.29. The summed E-state index contributed by atoms with van der Waals surface area (Å²) < 4.78 is 41.0. The normalized spacial score (nSPS) is 27.4. The Kier molecular flexibility index (Phi) is 4.81. The first-order chi connectivity index (χ1) is 9.38. The topological polar surface area (TPSA) is 59.1 Å². The van der Waals surface area contributed by atoms with E-state index in [4.69, 9.17) is 0 Å². The van der Waals surface area contributed by atoms with Gasteiger partial charge in [0.15, 0.2) is 5.82 Å². The Morgan fingerprint density at radius 2 is 2.35 bits per heavy atom. The van der Waals surface area contributed by atoms with Crippen LogP contribution in [0.25, 0.3) is 0 Å². The van der Waals surface area contributed by atoms with E-state index in [0.29, 0.717) is 11.2 Å². The number of hydrogen-bond acceptors (Lipinski definition) is 3. The van der Waals surface area contributed by atoms with Crippen LogP contribution in [0.2, 0.25) is 0 Å². The molecule has 1 aliphatic carbocycles. The number of hydrogen-bond donors (Lipinski definition) is 1. The molecule has 0 aromatic carbocycles. The van der Waals surface area contributed by atoms with E-state index < -0.39 is 26.4 Å². The molecule has 1 fully saturated rings. The lowest BCUT2D eigenvalue weighted by atomic mass is 9.78. The molecule has 20 heavy (non-hydrogen) atoms. The second kappa shape index (κ2) is 6.07. The minimum Gasteiger partial charge on any atom is -0.241 e. The Morgan fingerprint density at radius 1 is 1.60 bits per heavy atom. The molecule has 1 aromatic heterocycles. The maximum atomic E-state index is 13.7. The van der Waals surface area contributed by atoms with Crippen molar-refractivity contribution in [2.24, 2.45) is 5.92 Å². The van der Waals surface area contributed by atoms with Crippen LogP contribution in [0.15, 0.2) is 23.4 Å². The van der Waals surface area contributed by atoms with Crippen LogP contribution in [0.3, 0.4) is 0 Å². The average Bonchev–Trinajstić information content (AvgIpc) is 2.38. The molecule has 0 aliphatic heterocycles. The SMILES string of the molecule is CC1CCCC(CBr)(NS(=O)(=O)c2ncccc2F)C1. The van der Waals surface area contributed by atoms with Crippen LogP contribution in [0.4, 0.5) is 4.39 Å². The van der Waals surface area contributed by atoms with Gasteiger partial charge in [-0.25, -0.2) is 22.5 Å². The predicted octanol–water partition coefficient (Wildman–Crippen LogP) is 2.84. The second-order valence-electron chi connectivity index (χ2n) is 5.51. The molecule has 2 atom stereocenters. The molecular formula is C13H18BrFN2O2S. The molecule has 7 heteroatoms. The fraction of sp³-hybridized carbons (Fsp3) is 0.615. The van der Waals surface area contributed by atoms with E-state index in [2.05, 4.69) is 32.6 Å². The maximum Gasteiger partial charge on any atom is 0.261 e. The molecule has 4 nitrogen and oxygen atoms in total. The van der Waals surface area contributed by atoms with Crippen LogP contribution in [-0.4, -0.2) is 24.3 Å². The summed E-state index contributed by atoms with van der Waals surface area (Å²) in [4.78, 5) is 3.66. The highest BCUT2D eigenvalue weighted by Gasteiger charge is 2.39. The van der Waals surface area contributed by atoms with Crippen molar-refractivity contribution in [3.63, 3.8) is 0 Å². The average molecular weight is 365 g/mol. The van der Waals surface area contributed by atoms with E-state index >= 15 is 0 Å². The van der Waals surface area contributed by atoms with Crippen molar-refractivity contribution < 1.29 is 12.8 Å². The first-order valence-electron chi connectivity index (χ1n) is 6.59. The van der Waals surface area contributed by atoms with Gasteiger partial charge >= 0.3 is 0 Å². The summed E-state index contributed by atoms with van der Waals surface area (Å²) in [5.41, 5.74) is -0.555. The Morgan fingerprint density at radius 3 is 2.95 bits per heavy atom. The standard InChI is InChI=1S/C13H18BrFN2O2S/c1-10-4-2-6-13(8-10,9-14)17-20(18,19)12-11(15)5-3-7-16-12/h3,5,7,10,17H,2,4,6,8-9H2,1H3. The van der Waals surface area contributed by atoms with Crippen molar-refractivity contribution in [3.8, 4) is 0 Å². The second-order valence-corrected chi connectivity index (χ2v) is 7.67. The zero-order valence-corrected chi connectivity index (χ0v) is 13.7. The number of aromatic nitrogens is 1. The summed E-state index contributed by atoms with van der Waals surface area (Å²) >= 11 is 3.40. The smallest absolute Gasteiger partial charge is 0.241 e. The van der Waals surface area contributed by atoms with Gasteiger partial charge < -0.3 is 0 Å². The van der Waals surface area contributed by atoms with Crippen LogP contribution < -0.4 is 4.72 Å². The van der Waals surface area contributed by atoms with Gasteiger partial charge in [-0.05, 0) is 30.9 Å². The Hall–Kier alpha value is -0.530. The summed E-state index contributed by atoms with van der Waals surface area (Å²) in [7, 11) is -3.95. The van der Waals surface area contributed by atoms with Gasteiger partial charge in [-0.2, -0.15) is 0 Å². The third-order valence-electron chi connectivity index (χ3n) is 3.68. The van der Waals surface area contributed by atoms with Gasteiger partial charge in [-0.3, -0.25) is 0 Å². The highest BCUT2D eigenvalue weighted by Crippen LogP contribution is 2.34. The highest BCUT2D eigenvalue weighted by molar-refractivity contribution is 9.09. The first kappa shape index (κ1) is 15.9. The van der Waals surface area contributed by atoms with Crippen molar-refractivity contribution in [1.29, 1.82) is 0 Å². The zero-order valence-electron chi connectivity index (χ0n) is 11.3. The van der Waals surface area contributed by atoms with Gasteiger partial charge in [0, 0.05) is 17.1 Å². The van der Waals surface area contributed by atoms with Crippen molar-refractivity contribution in [3.05, 3.63) is 24.1 Å². The summed E-state index contributed by atoms with van der Waals surface area (Å²) in [5.74, 6) is -0.383. The van der Waals surface area contributed by atoms with E-state index in [0.717, 1.165) is 31.7 Å². The lowest BCUT2D eigenvalue weighted by Gasteiger charge is -2.39. The summed E-state index contributed by atoms with van der Waals surface area (Å²) in [6.45, 7) is 2.10. The summed E-state index contributed by atoms with van der Waals surface area (Å²) in [6, 6.07) is 2.48. The van der Waals surface area contributed by atoms with Gasteiger partial charge in [-0.15, -0.1) is 0 Å². The molecule has 1 aromatic rings. The lowest BCUT2D eigenvalue weighted by Crippen LogP contribution is -2.52. The number of pyridine rings is 1. The molecule has 1 aliphatic rings. The lowest BCUT2D eigenvalue weighted by molar-refractivity contribution is 0.241. The first-order valence-corrected chi connectivity index (χ1v) is 9.19. The molecule has 1 saturated carbocycles. The molecule has 1 N–H and O–H groups in total. The molecule has 0 spiro atoms. The van der Waals surface area contributed by atoms with E-state index in [1.807, 2.05) is 0 Å². The van der Waals surface area contributed by atoms with E-state index in [1.165, 1.54) is 12.3 Å². The molecule has 1 heterocycles. The van der Waals surface area contributed by atoms with Crippen molar-refractivity contribution in [2.75, 3.05) is 5.33 Å². The number of nitrogens with zero attached hydrogens (tertiary/aromatic N) is 1. The van der Waals surface area contributed by atoms with Crippen molar-refractivity contribution in [1.82, 2.24) is 9.71 Å².